The van der Waals surface area contributed by atoms with Crippen molar-refractivity contribution in [3.8, 4) is 0 Å². The second-order valence-corrected chi connectivity index (χ2v) is 7.14. The fourth-order valence-corrected chi connectivity index (χ4v) is 3.69. The van der Waals surface area contributed by atoms with Crippen LogP contribution in [0.25, 0.3) is 0 Å². The smallest absolute Gasteiger partial charge is 0.254 e. The Kier molecular flexibility index (Phi) is 6.17. The van der Waals surface area contributed by atoms with Gasteiger partial charge in [-0.25, -0.2) is 0 Å². The van der Waals surface area contributed by atoms with Crippen molar-refractivity contribution in [1.82, 2.24) is 4.90 Å². The minimum absolute atomic E-state index is 0.115. The first kappa shape index (κ1) is 19.0. The van der Waals surface area contributed by atoms with Crippen molar-refractivity contribution in [3.05, 3.63) is 71.3 Å². The van der Waals surface area contributed by atoms with Gasteiger partial charge in [0.1, 0.15) is 5.78 Å². The van der Waals surface area contributed by atoms with Crippen LogP contribution in [-0.4, -0.2) is 35.5 Å². The van der Waals surface area contributed by atoms with Crippen LogP contribution in [0.4, 0.5) is 0 Å². The van der Waals surface area contributed by atoms with Gasteiger partial charge in [0.15, 0.2) is 5.78 Å². The van der Waals surface area contributed by atoms with Crippen molar-refractivity contribution in [3.63, 3.8) is 0 Å². The highest BCUT2D eigenvalue weighted by molar-refractivity contribution is 6.07. The van der Waals surface area contributed by atoms with Gasteiger partial charge in [0, 0.05) is 31.0 Å². The maximum atomic E-state index is 12.9. The van der Waals surface area contributed by atoms with E-state index >= 15 is 0 Å². The summed E-state index contributed by atoms with van der Waals surface area (Å²) >= 11 is 0. The van der Waals surface area contributed by atoms with Gasteiger partial charge in [0.2, 0.25) is 0 Å². The molecule has 0 saturated carbocycles. The molecule has 2 aromatic carbocycles. The number of amides is 1. The van der Waals surface area contributed by atoms with Gasteiger partial charge in [0.05, 0.1) is 5.56 Å². The third kappa shape index (κ3) is 4.70. The van der Waals surface area contributed by atoms with Gasteiger partial charge in [-0.1, -0.05) is 48.5 Å². The molecule has 3 rings (SSSR count). The van der Waals surface area contributed by atoms with E-state index in [1.54, 1.807) is 29.2 Å². The summed E-state index contributed by atoms with van der Waals surface area (Å²) in [6.45, 7) is 2.55. The van der Waals surface area contributed by atoms with Gasteiger partial charge in [-0.3, -0.25) is 14.4 Å². The minimum Gasteiger partial charge on any atom is -0.338 e. The van der Waals surface area contributed by atoms with E-state index in [1.807, 2.05) is 30.3 Å². The molecular formula is C23H25NO3. The average Bonchev–Trinajstić information content (AvgIpc) is 2.72. The number of rotatable bonds is 6. The van der Waals surface area contributed by atoms with E-state index < -0.39 is 0 Å². The molecule has 27 heavy (non-hydrogen) atoms. The zero-order chi connectivity index (χ0) is 19.2. The van der Waals surface area contributed by atoms with E-state index in [0.717, 1.165) is 24.8 Å². The molecule has 2 aromatic rings. The molecule has 4 heteroatoms. The van der Waals surface area contributed by atoms with Crippen LogP contribution in [0.3, 0.4) is 0 Å². The summed E-state index contributed by atoms with van der Waals surface area (Å²) in [4.78, 5) is 39.1. The molecule has 0 N–H and O–H groups in total. The van der Waals surface area contributed by atoms with Gasteiger partial charge < -0.3 is 4.90 Å². The SMILES string of the molecule is CC(=O)c1ccccc1C(=O)N1CCC[C@@H](C(=O)CCc2ccccc2)C1. The van der Waals surface area contributed by atoms with Crippen molar-refractivity contribution < 1.29 is 14.4 Å². The Morgan fingerprint density at radius 1 is 0.963 bits per heavy atom. The molecule has 1 heterocycles. The molecule has 0 aromatic heterocycles. The van der Waals surface area contributed by atoms with Crippen molar-refractivity contribution in [2.24, 2.45) is 5.92 Å². The molecule has 0 aliphatic carbocycles. The highest BCUT2D eigenvalue weighted by atomic mass is 16.2. The number of likely N-dealkylation sites (tertiary alicyclic amines) is 1. The predicted molar refractivity (Wildman–Crippen MR) is 105 cm³/mol. The molecule has 1 fully saturated rings. The molecule has 1 atom stereocenters. The lowest BCUT2D eigenvalue weighted by Crippen LogP contribution is -2.42. The van der Waals surface area contributed by atoms with E-state index in [4.69, 9.17) is 0 Å². The Bertz CT molecular complexity index is 829. The lowest BCUT2D eigenvalue weighted by Gasteiger charge is -2.32. The van der Waals surface area contributed by atoms with Gasteiger partial charge in [-0.2, -0.15) is 0 Å². The highest BCUT2D eigenvalue weighted by Gasteiger charge is 2.29. The monoisotopic (exact) mass is 363 g/mol. The molecule has 0 unspecified atom stereocenters. The standard InChI is InChI=1S/C23H25NO3/c1-17(25)20-11-5-6-12-21(20)23(27)24-15-7-10-19(16-24)22(26)14-13-18-8-3-2-4-9-18/h2-6,8-9,11-12,19H,7,10,13-16H2,1H3/t19-/m1/s1. The fraction of sp³-hybridized carbons (Fsp3) is 0.348. The quantitative estimate of drug-likeness (QED) is 0.731. The Morgan fingerprint density at radius 3 is 2.33 bits per heavy atom. The zero-order valence-corrected chi connectivity index (χ0v) is 15.7. The summed E-state index contributed by atoms with van der Waals surface area (Å²) in [5.74, 6) is -0.167. The van der Waals surface area contributed by atoms with Crippen LogP contribution in [0, 0.1) is 5.92 Å². The second kappa shape index (κ2) is 8.76. The molecule has 1 saturated heterocycles. The highest BCUT2D eigenvalue weighted by Crippen LogP contribution is 2.22. The lowest BCUT2D eigenvalue weighted by atomic mass is 9.90. The molecular weight excluding hydrogens is 338 g/mol. The van der Waals surface area contributed by atoms with Crippen LogP contribution >= 0.6 is 0 Å². The zero-order valence-electron chi connectivity index (χ0n) is 15.7. The van der Waals surface area contributed by atoms with Crippen molar-refractivity contribution in [2.45, 2.75) is 32.6 Å². The topological polar surface area (TPSA) is 54.5 Å². The summed E-state index contributed by atoms with van der Waals surface area (Å²) in [5.41, 5.74) is 2.03. The lowest BCUT2D eigenvalue weighted by molar-refractivity contribution is -0.124. The molecule has 1 aliphatic rings. The van der Waals surface area contributed by atoms with Crippen LogP contribution in [-0.2, 0) is 11.2 Å². The number of piperidine rings is 1. The third-order valence-electron chi connectivity index (χ3n) is 5.20. The van der Waals surface area contributed by atoms with E-state index in [-0.39, 0.29) is 23.4 Å². The van der Waals surface area contributed by atoms with Crippen molar-refractivity contribution in [2.75, 3.05) is 13.1 Å². The van der Waals surface area contributed by atoms with Gasteiger partial charge in [-0.15, -0.1) is 0 Å². The van der Waals surface area contributed by atoms with Gasteiger partial charge in [-0.05, 0) is 37.8 Å². The van der Waals surface area contributed by atoms with Crippen molar-refractivity contribution >= 4 is 17.5 Å². The fourth-order valence-electron chi connectivity index (χ4n) is 3.69. The van der Waals surface area contributed by atoms with E-state index in [9.17, 15) is 14.4 Å². The molecule has 0 spiro atoms. The van der Waals surface area contributed by atoms with Crippen LogP contribution in [0.15, 0.2) is 54.6 Å². The third-order valence-corrected chi connectivity index (χ3v) is 5.20. The number of hydrogen-bond acceptors (Lipinski definition) is 3. The molecule has 1 amide bonds. The summed E-state index contributed by atoms with van der Waals surface area (Å²) in [7, 11) is 0. The van der Waals surface area contributed by atoms with E-state index in [2.05, 4.69) is 0 Å². The first-order valence-electron chi connectivity index (χ1n) is 9.52. The number of ketones is 2. The van der Waals surface area contributed by atoms with Gasteiger partial charge >= 0.3 is 0 Å². The Balaban J connectivity index is 1.64. The van der Waals surface area contributed by atoms with Crippen LogP contribution < -0.4 is 0 Å². The predicted octanol–water partition coefficient (Wildman–Crippen LogP) is 3.94. The Morgan fingerprint density at radius 2 is 1.63 bits per heavy atom. The van der Waals surface area contributed by atoms with Gasteiger partial charge in [0.25, 0.3) is 5.91 Å². The van der Waals surface area contributed by atoms with Crippen LogP contribution in [0.1, 0.15) is 52.5 Å². The van der Waals surface area contributed by atoms with E-state index in [0.29, 0.717) is 30.6 Å². The number of benzene rings is 2. The number of hydrogen-bond donors (Lipinski definition) is 0. The molecule has 0 radical (unpaired) electrons. The minimum atomic E-state index is -0.152. The normalized spacial score (nSPS) is 16.8. The summed E-state index contributed by atoms with van der Waals surface area (Å²) < 4.78 is 0. The maximum absolute atomic E-state index is 12.9. The van der Waals surface area contributed by atoms with Crippen LogP contribution in [0.5, 0.6) is 0 Å². The van der Waals surface area contributed by atoms with Crippen LogP contribution in [0.2, 0.25) is 0 Å². The second-order valence-electron chi connectivity index (χ2n) is 7.14. The first-order valence-corrected chi connectivity index (χ1v) is 9.52. The summed E-state index contributed by atoms with van der Waals surface area (Å²) in [5, 5.41) is 0. The number of Topliss-reactive ketones (excluding diaryl/α,β-unsaturated/α-hetero) is 2. The average molecular weight is 363 g/mol. The first-order chi connectivity index (χ1) is 13.1. The number of nitrogens with zero attached hydrogens (tertiary/aromatic N) is 1. The van der Waals surface area contributed by atoms with E-state index in [1.165, 1.54) is 6.92 Å². The maximum Gasteiger partial charge on any atom is 0.254 e. The molecule has 4 nitrogen and oxygen atoms in total. The molecule has 140 valence electrons. The number of aryl methyl sites for hydroxylation is 1. The summed E-state index contributed by atoms with van der Waals surface area (Å²) in [6.07, 6.45) is 2.87. The molecule has 0 bridgehead atoms. The van der Waals surface area contributed by atoms with Crippen molar-refractivity contribution in [1.29, 1.82) is 0 Å². The largest absolute Gasteiger partial charge is 0.338 e. The summed E-state index contributed by atoms with van der Waals surface area (Å²) in [6, 6.07) is 16.9. The number of carbonyl (C=O) groups is 3. The Hall–Kier alpha value is -2.75. The number of carbonyl (C=O) groups excluding carboxylic acids is 3. The molecule has 1 aliphatic heterocycles. The Labute approximate surface area is 160 Å².